The Morgan fingerprint density at radius 3 is 2.36 bits per heavy atom. The largest absolute Gasteiger partial charge is 0.346 e. The van der Waals surface area contributed by atoms with Crippen LogP contribution in [0.5, 0.6) is 0 Å². The van der Waals surface area contributed by atoms with Crippen LogP contribution in [-0.4, -0.2) is 23.9 Å². The van der Waals surface area contributed by atoms with E-state index in [2.05, 4.69) is 54.4 Å². The average molecular weight is 336 g/mol. The van der Waals surface area contributed by atoms with E-state index in [-0.39, 0.29) is 11.9 Å². The van der Waals surface area contributed by atoms with E-state index in [9.17, 15) is 4.79 Å². The molecule has 1 atom stereocenters. The summed E-state index contributed by atoms with van der Waals surface area (Å²) >= 11 is 0. The van der Waals surface area contributed by atoms with Crippen LogP contribution >= 0.6 is 0 Å². The highest BCUT2D eigenvalue weighted by atomic mass is 16.1. The summed E-state index contributed by atoms with van der Waals surface area (Å²) in [6, 6.07) is 14.4. The minimum absolute atomic E-state index is 0.00363. The van der Waals surface area contributed by atoms with E-state index in [0.717, 1.165) is 17.7 Å². The zero-order valence-electron chi connectivity index (χ0n) is 15.5. The molecule has 1 saturated heterocycles. The quantitative estimate of drug-likeness (QED) is 0.878. The van der Waals surface area contributed by atoms with Crippen molar-refractivity contribution < 1.29 is 4.79 Å². The molecule has 1 aliphatic rings. The number of nitrogens with one attached hydrogen (secondary N) is 1. The van der Waals surface area contributed by atoms with Gasteiger partial charge in [-0.2, -0.15) is 0 Å². The zero-order valence-corrected chi connectivity index (χ0v) is 15.5. The Hall–Kier alpha value is -2.13. The molecule has 1 fully saturated rings. The molecule has 0 aromatic heterocycles. The minimum atomic E-state index is -0.0153. The number of hydrogen-bond acceptors (Lipinski definition) is 2. The van der Waals surface area contributed by atoms with Crippen LogP contribution in [-0.2, 0) is 6.54 Å². The van der Waals surface area contributed by atoms with E-state index in [1.807, 2.05) is 19.1 Å². The minimum Gasteiger partial charge on any atom is -0.346 e. The number of amides is 1. The normalized spacial score (nSPS) is 16.0. The highest BCUT2D eigenvalue weighted by molar-refractivity contribution is 5.94. The monoisotopic (exact) mass is 336 g/mol. The van der Waals surface area contributed by atoms with Crippen LogP contribution in [0.1, 0.15) is 58.4 Å². The summed E-state index contributed by atoms with van der Waals surface area (Å²) in [5, 5.41) is 3.10. The third-order valence-electron chi connectivity index (χ3n) is 5.20. The van der Waals surface area contributed by atoms with Crippen LogP contribution in [0, 0.1) is 13.8 Å². The standard InChI is InChI=1S/C22H28N2O/c1-16-6-9-21(14-17(16)2)18(3)23-22(25)20-10-7-19(8-11-20)15-24-12-4-5-13-24/h6-11,14,18H,4-5,12-13,15H2,1-3H3,(H,23,25)/t18-/m1/s1. The molecule has 2 aromatic rings. The second-order valence-electron chi connectivity index (χ2n) is 7.22. The SMILES string of the molecule is Cc1ccc([C@@H](C)NC(=O)c2ccc(CN3CCCC3)cc2)cc1C. The van der Waals surface area contributed by atoms with Crippen molar-refractivity contribution in [1.29, 1.82) is 0 Å². The van der Waals surface area contributed by atoms with Gasteiger partial charge < -0.3 is 5.32 Å². The fraction of sp³-hybridized carbons (Fsp3) is 0.409. The van der Waals surface area contributed by atoms with E-state index < -0.39 is 0 Å². The van der Waals surface area contributed by atoms with Crippen LogP contribution in [0.25, 0.3) is 0 Å². The highest BCUT2D eigenvalue weighted by Gasteiger charge is 2.14. The van der Waals surface area contributed by atoms with Gasteiger partial charge in [-0.1, -0.05) is 30.3 Å². The number of benzene rings is 2. The first kappa shape index (κ1) is 17.7. The van der Waals surface area contributed by atoms with Crippen molar-refractivity contribution in [3.63, 3.8) is 0 Å². The van der Waals surface area contributed by atoms with Crippen LogP contribution in [0.15, 0.2) is 42.5 Å². The molecule has 25 heavy (non-hydrogen) atoms. The molecule has 2 aromatic carbocycles. The molecule has 1 aliphatic heterocycles. The third-order valence-corrected chi connectivity index (χ3v) is 5.20. The molecule has 3 rings (SSSR count). The van der Waals surface area contributed by atoms with E-state index >= 15 is 0 Å². The number of carbonyl (C=O) groups excluding carboxylic acids is 1. The third kappa shape index (κ3) is 4.49. The van der Waals surface area contributed by atoms with E-state index in [4.69, 9.17) is 0 Å². The molecule has 0 spiro atoms. The Balaban J connectivity index is 1.61. The first-order chi connectivity index (χ1) is 12.0. The maximum Gasteiger partial charge on any atom is 0.251 e. The van der Waals surface area contributed by atoms with Gasteiger partial charge in [0.15, 0.2) is 0 Å². The molecule has 1 N–H and O–H groups in total. The summed E-state index contributed by atoms with van der Waals surface area (Å²) in [5.41, 5.74) is 5.67. The predicted molar refractivity (Wildman–Crippen MR) is 103 cm³/mol. The number of likely N-dealkylation sites (tertiary alicyclic amines) is 1. The summed E-state index contributed by atoms with van der Waals surface area (Å²) in [4.78, 5) is 15.0. The predicted octanol–water partition coefficient (Wildman–Crippen LogP) is 4.39. The number of carbonyl (C=O) groups is 1. The summed E-state index contributed by atoms with van der Waals surface area (Å²) in [5.74, 6) is -0.0153. The maximum absolute atomic E-state index is 12.5. The second-order valence-corrected chi connectivity index (χ2v) is 7.22. The van der Waals surface area contributed by atoms with Gasteiger partial charge in [-0.15, -0.1) is 0 Å². The van der Waals surface area contributed by atoms with Crippen molar-refractivity contribution in [2.45, 2.75) is 46.2 Å². The summed E-state index contributed by atoms with van der Waals surface area (Å²) in [7, 11) is 0. The number of hydrogen-bond donors (Lipinski definition) is 1. The molecule has 0 radical (unpaired) electrons. The van der Waals surface area contributed by atoms with E-state index in [1.54, 1.807) is 0 Å². The van der Waals surface area contributed by atoms with Gasteiger partial charge in [-0.3, -0.25) is 9.69 Å². The molecule has 0 saturated carbocycles. The van der Waals surface area contributed by atoms with E-state index in [1.165, 1.54) is 42.6 Å². The molecule has 132 valence electrons. The van der Waals surface area contributed by atoms with Gasteiger partial charge in [0.05, 0.1) is 6.04 Å². The first-order valence-electron chi connectivity index (χ1n) is 9.22. The average Bonchev–Trinajstić information content (AvgIpc) is 3.11. The Labute approximate surface area is 151 Å². The molecule has 0 unspecified atom stereocenters. The summed E-state index contributed by atoms with van der Waals surface area (Å²) < 4.78 is 0. The van der Waals surface area contributed by atoms with Crippen molar-refractivity contribution in [1.82, 2.24) is 10.2 Å². The lowest BCUT2D eigenvalue weighted by Crippen LogP contribution is -2.26. The molecule has 0 aliphatic carbocycles. The van der Waals surface area contributed by atoms with Crippen LogP contribution in [0.2, 0.25) is 0 Å². The Morgan fingerprint density at radius 2 is 1.72 bits per heavy atom. The number of nitrogens with zero attached hydrogens (tertiary/aromatic N) is 1. The van der Waals surface area contributed by atoms with Gasteiger partial charge >= 0.3 is 0 Å². The van der Waals surface area contributed by atoms with Crippen molar-refractivity contribution in [3.05, 3.63) is 70.3 Å². The van der Waals surface area contributed by atoms with Gasteiger partial charge in [0.25, 0.3) is 5.91 Å². The van der Waals surface area contributed by atoms with Gasteiger partial charge in [-0.05, 0) is 81.1 Å². The fourth-order valence-electron chi connectivity index (χ4n) is 3.36. The Morgan fingerprint density at radius 1 is 1.04 bits per heavy atom. The fourth-order valence-corrected chi connectivity index (χ4v) is 3.36. The summed E-state index contributed by atoms with van der Waals surface area (Å²) in [6.45, 7) is 9.61. The zero-order chi connectivity index (χ0) is 17.8. The maximum atomic E-state index is 12.5. The lowest BCUT2D eigenvalue weighted by molar-refractivity contribution is 0.0940. The molecule has 0 bridgehead atoms. The van der Waals surface area contributed by atoms with Gasteiger partial charge in [-0.25, -0.2) is 0 Å². The van der Waals surface area contributed by atoms with Crippen molar-refractivity contribution in [3.8, 4) is 0 Å². The van der Waals surface area contributed by atoms with Crippen LogP contribution in [0.3, 0.4) is 0 Å². The number of rotatable bonds is 5. The highest BCUT2D eigenvalue weighted by Crippen LogP contribution is 2.18. The van der Waals surface area contributed by atoms with Crippen LogP contribution in [0.4, 0.5) is 0 Å². The van der Waals surface area contributed by atoms with E-state index in [0.29, 0.717) is 0 Å². The second kappa shape index (κ2) is 7.83. The molecule has 3 nitrogen and oxygen atoms in total. The molecule has 3 heteroatoms. The van der Waals surface area contributed by atoms with Crippen molar-refractivity contribution in [2.75, 3.05) is 13.1 Å². The van der Waals surface area contributed by atoms with Crippen LogP contribution < -0.4 is 5.32 Å². The molecule has 1 heterocycles. The van der Waals surface area contributed by atoms with Crippen molar-refractivity contribution >= 4 is 5.91 Å². The smallest absolute Gasteiger partial charge is 0.251 e. The lowest BCUT2D eigenvalue weighted by Gasteiger charge is -2.17. The number of aryl methyl sites for hydroxylation is 2. The molecular weight excluding hydrogens is 308 g/mol. The lowest BCUT2D eigenvalue weighted by atomic mass is 10.0. The van der Waals surface area contributed by atoms with Crippen molar-refractivity contribution in [2.24, 2.45) is 0 Å². The topological polar surface area (TPSA) is 32.3 Å². The van der Waals surface area contributed by atoms with Gasteiger partial charge in [0, 0.05) is 12.1 Å². The van der Waals surface area contributed by atoms with Gasteiger partial charge in [0.2, 0.25) is 0 Å². The summed E-state index contributed by atoms with van der Waals surface area (Å²) in [6.07, 6.45) is 2.60. The molecule has 1 amide bonds. The van der Waals surface area contributed by atoms with Gasteiger partial charge in [0.1, 0.15) is 0 Å². The Bertz CT molecular complexity index is 730. The Kier molecular flexibility index (Phi) is 5.54. The first-order valence-corrected chi connectivity index (χ1v) is 9.22. The molecular formula is C22H28N2O.